The van der Waals surface area contributed by atoms with Crippen LogP contribution in [0.5, 0.6) is 0 Å². The van der Waals surface area contributed by atoms with Crippen molar-refractivity contribution in [2.24, 2.45) is 0 Å². The first-order valence-electron chi connectivity index (χ1n) is 4.40. The highest BCUT2D eigenvalue weighted by Crippen LogP contribution is 2.05. The van der Waals surface area contributed by atoms with Crippen molar-refractivity contribution < 1.29 is 9.90 Å². The Hall–Kier alpha value is -2.17. The average Bonchev–Trinajstić information content (AvgIpc) is 2.59. The predicted octanol–water partition coefficient (Wildman–Crippen LogP) is 1.14. The minimum absolute atomic E-state index is 0.395. The number of nitrogens with zero attached hydrogens (tertiary/aromatic N) is 3. The zero-order valence-electron chi connectivity index (χ0n) is 8.08. The van der Waals surface area contributed by atoms with Gasteiger partial charge in [-0.1, -0.05) is 6.07 Å². The molecule has 0 saturated heterocycles. The van der Waals surface area contributed by atoms with E-state index in [0.29, 0.717) is 11.5 Å². The fourth-order valence-electron chi connectivity index (χ4n) is 1.27. The molecule has 0 aliphatic heterocycles. The number of hydrogen-bond donors (Lipinski definition) is 1. The predicted molar refractivity (Wildman–Crippen MR) is 54.4 cm³/mol. The molecule has 0 spiro atoms. The highest BCUT2D eigenvalue weighted by atomic mass is 16.4. The largest absolute Gasteiger partial charge is 0.478 e. The van der Waals surface area contributed by atoms with Gasteiger partial charge in [0.05, 0.1) is 0 Å². The fourth-order valence-corrected chi connectivity index (χ4v) is 1.27. The monoisotopic (exact) mass is 203 g/mol. The smallest absolute Gasteiger partial charge is 0.328 e. The molecule has 2 aromatic heterocycles. The summed E-state index contributed by atoms with van der Waals surface area (Å²) in [5, 5.41) is 12.6. The number of carbonyl (C=O) groups is 1. The summed E-state index contributed by atoms with van der Waals surface area (Å²) in [7, 11) is 0. The molecule has 0 saturated carbocycles. The van der Waals surface area contributed by atoms with Crippen molar-refractivity contribution in [2.75, 3.05) is 0 Å². The van der Waals surface area contributed by atoms with Gasteiger partial charge in [0.25, 0.3) is 0 Å². The Bertz CT molecular complexity index is 543. The van der Waals surface area contributed by atoms with Gasteiger partial charge in [0.15, 0.2) is 11.5 Å². The lowest BCUT2D eigenvalue weighted by molar-refractivity contribution is -0.131. The van der Waals surface area contributed by atoms with Gasteiger partial charge in [0.2, 0.25) is 0 Å². The Morgan fingerprint density at radius 3 is 3.00 bits per heavy atom. The molecule has 0 aromatic carbocycles. The van der Waals surface area contributed by atoms with Crippen LogP contribution >= 0.6 is 0 Å². The van der Waals surface area contributed by atoms with Gasteiger partial charge < -0.3 is 5.11 Å². The van der Waals surface area contributed by atoms with Crippen molar-refractivity contribution in [1.29, 1.82) is 0 Å². The van der Waals surface area contributed by atoms with E-state index in [1.165, 1.54) is 6.08 Å². The zero-order chi connectivity index (χ0) is 10.8. The molecule has 5 heteroatoms. The van der Waals surface area contributed by atoms with Crippen LogP contribution in [-0.4, -0.2) is 25.7 Å². The van der Waals surface area contributed by atoms with Crippen LogP contribution in [0.2, 0.25) is 0 Å². The lowest BCUT2D eigenvalue weighted by atomic mass is 10.4. The van der Waals surface area contributed by atoms with Crippen molar-refractivity contribution >= 4 is 17.7 Å². The van der Waals surface area contributed by atoms with Crippen molar-refractivity contribution in [3.05, 3.63) is 35.8 Å². The highest BCUT2D eigenvalue weighted by molar-refractivity contribution is 5.84. The standard InChI is InChI=1S/C10H9N3O2/c1-7-3-2-4-9-11-8(12-13(7)9)5-6-10(14)15/h2-6H,1H3,(H,14,15)/b6-5+. The number of aryl methyl sites for hydroxylation is 1. The van der Waals surface area contributed by atoms with Crippen LogP contribution in [0.25, 0.3) is 11.7 Å². The summed E-state index contributed by atoms with van der Waals surface area (Å²) in [5.74, 6) is -0.614. The van der Waals surface area contributed by atoms with Gasteiger partial charge in [0.1, 0.15) is 0 Å². The number of rotatable bonds is 2. The van der Waals surface area contributed by atoms with E-state index in [2.05, 4.69) is 10.1 Å². The zero-order valence-corrected chi connectivity index (χ0v) is 8.08. The topological polar surface area (TPSA) is 67.5 Å². The lowest BCUT2D eigenvalue weighted by Gasteiger charge is -1.93. The van der Waals surface area contributed by atoms with Crippen LogP contribution < -0.4 is 0 Å². The molecule has 0 fully saturated rings. The van der Waals surface area contributed by atoms with Crippen molar-refractivity contribution in [1.82, 2.24) is 14.6 Å². The molecule has 76 valence electrons. The number of aromatic nitrogens is 3. The van der Waals surface area contributed by atoms with Crippen LogP contribution in [-0.2, 0) is 4.79 Å². The average molecular weight is 203 g/mol. The fraction of sp³-hybridized carbons (Fsp3) is 0.100. The summed E-state index contributed by atoms with van der Waals surface area (Å²) in [5.41, 5.74) is 1.66. The maximum atomic E-state index is 10.3. The van der Waals surface area contributed by atoms with Crippen LogP contribution in [0.4, 0.5) is 0 Å². The molecule has 15 heavy (non-hydrogen) atoms. The van der Waals surface area contributed by atoms with Gasteiger partial charge >= 0.3 is 5.97 Å². The van der Waals surface area contributed by atoms with Crippen molar-refractivity contribution in [3.63, 3.8) is 0 Å². The molecule has 0 aliphatic carbocycles. The van der Waals surface area contributed by atoms with Gasteiger partial charge in [-0.2, -0.15) is 0 Å². The Labute approximate surface area is 85.7 Å². The number of fused-ring (bicyclic) bond motifs is 1. The summed E-state index contributed by atoms with van der Waals surface area (Å²) in [6, 6.07) is 5.61. The Kier molecular flexibility index (Phi) is 2.21. The molecule has 0 radical (unpaired) electrons. The van der Waals surface area contributed by atoms with E-state index < -0.39 is 5.97 Å². The minimum atomic E-state index is -1.01. The molecule has 2 rings (SSSR count). The third kappa shape index (κ3) is 1.85. The molecule has 1 N–H and O–H groups in total. The van der Waals surface area contributed by atoms with E-state index >= 15 is 0 Å². The van der Waals surface area contributed by atoms with Crippen LogP contribution in [0.1, 0.15) is 11.5 Å². The number of hydrogen-bond acceptors (Lipinski definition) is 3. The summed E-state index contributed by atoms with van der Waals surface area (Å²) in [6.45, 7) is 1.91. The molecular formula is C10H9N3O2. The second-order valence-corrected chi connectivity index (χ2v) is 3.08. The van der Waals surface area contributed by atoms with E-state index in [1.807, 2.05) is 25.1 Å². The molecule has 0 unspecified atom stereocenters. The Morgan fingerprint density at radius 2 is 2.33 bits per heavy atom. The first-order valence-corrected chi connectivity index (χ1v) is 4.40. The molecule has 2 aromatic rings. The first-order chi connectivity index (χ1) is 7.16. The van der Waals surface area contributed by atoms with Crippen molar-refractivity contribution in [2.45, 2.75) is 6.92 Å². The van der Waals surface area contributed by atoms with Crippen molar-refractivity contribution in [3.8, 4) is 0 Å². The normalized spacial score (nSPS) is 11.3. The van der Waals surface area contributed by atoms with E-state index in [9.17, 15) is 4.79 Å². The van der Waals surface area contributed by atoms with Crippen LogP contribution in [0.3, 0.4) is 0 Å². The lowest BCUT2D eigenvalue weighted by Crippen LogP contribution is -1.92. The number of pyridine rings is 1. The minimum Gasteiger partial charge on any atom is -0.478 e. The Balaban J connectivity index is 2.48. The second kappa shape index (κ2) is 3.53. The maximum absolute atomic E-state index is 10.3. The first kappa shape index (κ1) is 9.39. The molecule has 0 bridgehead atoms. The van der Waals surface area contributed by atoms with E-state index in [-0.39, 0.29) is 0 Å². The molecular weight excluding hydrogens is 194 g/mol. The third-order valence-corrected chi connectivity index (χ3v) is 1.94. The van der Waals surface area contributed by atoms with Gasteiger partial charge in [-0.15, -0.1) is 5.10 Å². The summed E-state index contributed by atoms with van der Waals surface area (Å²) < 4.78 is 1.67. The number of aliphatic carboxylic acids is 1. The van der Waals surface area contributed by atoms with E-state index in [0.717, 1.165) is 11.8 Å². The highest BCUT2D eigenvalue weighted by Gasteiger charge is 2.01. The summed E-state index contributed by atoms with van der Waals surface area (Å²) >= 11 is 0. The molecule has 0 aliphatic rings. The van der Waals surface area contributed by atoms with Gasteiger partial charge in [-0.3, -0.25) is 0 Å². The molecule has 0 atom stereocenters. The number of carboxylic acid groups (broad SMARTS) is 1. The molecule has 2 heterocycles. The second-order valence-electron chi connectivity index (χ2n) is 3.08. The summed E-state index contributed by atoms with van der Waals surface area (Å²) in [4.78, 5) is 14.5. The third-order valence-electron chi connectivity index (χ3n) is 1.94. The SMILES string of the molecule is Cc1cccc2nc(/C=C/C(=O)O)nn12. The Morgan fingerprint density at radius 1 is 1.53 bits per heavy atom. The van der Waals surface area contributed by atoms with Gasteiger partial charge in [-0.05, 0) is 25.1 Å². The number of carboxylic acids is 1. The van der Waals surface area contributed by atoms with Gasteiger partial charge in [-0.25, -0.2) is 14.3 Å². The van der Waals surface area contributed by atoms with Gasteiger partial charge in [0, 0.05) is 11.8 Å². The van der Waals surface area contributed by atoms with E-state index in [1.54, 1.807) is 4.52 Å². The van der Waals surface area contributed by atoms with E-state index in [4.69, 9.17) is 5.11 Å². The quantitative estimate of drug-likeness (QED) is 0.743. The van der Waals surface area contributed by atoms with Crippen LogP contribution in [0, 0.1) is 6.92 Å². The molecule has 0 amide bonds. The van der Waals surface area contributed by atoms with Crippen LogP contribution in [0.15, 0.2) is 24.3 Å². The maximum Gasteiger partial charge on any atom is 0.328 e. The molecule has 5 nitrogen and oxygen atoms in total. The summed E-state index contributed by atoms with van der Waals surface area (Å²) in [6.07, 6.45) is 2.39.